The summed E-state index contributed by atoms with van der Waals surface area (Å²) in [5.41, 5.74) is 1.21. The first-order valence-corrected chi connectivity index (χ1v) is 8.62. The molecule has 2 aromatic rings. The topological polar surface area (TPSA) is 88.2 Å². The Bertz CT molecular complexity index is 736. The molecule has 112 valence electrons. The molecule has 0 radical (unpaired) electrons. The lowest BCUT2D eigenvalue weighted by molar-refractivity contribution is 0.102. The van der Waals surface area contributed by atoms with Crippen molar-refractivity contribution in [2.75, 3.05) is 11.9 Å². The van der Waals surface area contributed by atoms with Gasteiger partial charge in [-0.1, -0.05) is 6.92 Å². The summed E-state index contributed by atoms with van der Waals surface area (Å²) in [6.45, 7) is 3.86. The average Bonchev–Trinajstić information content (AvgIpc) is 2.84. The van der Waals surface area contributed by atoms with E-state index in [2.05, 4.69) is 15.0 Å². The van der Waals surface area contributed by atoms with Gasteiger partial charge in [-0.15, -0.1) is 11.3 Å². The third kappa shape index (κ3) is 3.87. The number of sulfonamides is 1. The summed E-state index contributed by atoms with van der Waals surface area (Å²) in [7, 11) is -3.50. The average molecular weight is 325 g/mol. The maximum absolute atomic E-state index is 12.0. The van der Waals surface area contributed by atoms with Crippen molar-refractivity contribution < 1.29 is 13.2 Å². The van der Waals surface area contributed by atoms with E-state index in [1.54, 1.807) is 6.92 Å². The van der Waals surface area contributed by atoms with Gasteiger partial charge in [-0.2, -0.15) is 0 Å². The van der Waals surface area contributed by atoms with Crippen LogP contribution in [0.5, 0.6) is 0 Å². The fraction of sp³-hybridized carbons (Fsp3) is 0.231. The van der Waals surface area contributed by atoms with E-state index in [9.17, 15) is 13.2 Å². The van der Waals surface area contributed by atoms with Gasteiger partial charge in [-0.05, 0) is 31.2 Å². The Hall–Kier alpha value is -1.77. The lowest BCUT2D eigenvalue weighted by atomic mass is 10.2. The molecule has 0 aliphatic carbocycles. The number of nitrogens with zero attached hydrogens (tertiary/aromatic N) is 1. The lowest BCUT2D eigenvalue weighted by Crippen LogP contribution is -2.23. The summed E-state index contributed by atoms with van der Waals surface area (Å²) in [6, 6.07) is 5.75. The molecule has 0 aliphatic rings. The van der Waals surface area contributed by atoms with Crippen LogP contribution in [0, 0.1) is 6.92 Å². The molecule has 2 N–H and O–H groups in total. The number of hydrogen-bond donors (Lipinski definition) is 2. The second-order valence-electron chi connectivity index (χ2n) is 4.27. The van der Waals surface area contributed by atoms with Gasteiger partial charge in [0.2, 0.25) is 10.0 Å². The van der Waals surface area contributed by atoms with E-state index in [0.717, 1.165) is 5.69 Å². The predicted molar refractivity (Wildman–Crippen MR) is 82.1 cm³/mol. The monoisotopic (exact) mass is 325 g/mol. The summed E-state index contributed by atoms with van der Waals surface area (Å²) < 4.78 is 26.0. The van der Waals surface area contributed by atoms with Gasteiger partial charge in [-0.25, -0.2) is 18.1 Å². The summed E-state index contributed by atoms with van der Waals surface area (Å²) >= 11 is 1.34. The first kappa shape index (κ1) is 15.6. The number of aryl methyl sites for hydroxylation is 1. The Balaban J connectivity index is 2.13. The first-order valence-electron chi connectivity index (χ1n) is 6.25. The molecule has 1 amide bonds. The Morgan fingerprint density at radius 3 is 2.48 bits per heavy atom. The largest absolute Gasteiger partial charge is 0.298 e. The van der Waals surface area contributed by atoms with Crippen molar-refractivity contribution in [3.63, 3.8) is 0 Å². The van der Waals surface area contributed by atoms with Gasteiger partial charge >= 0.3 is 0 Å². The quantitative estimate of drug-likeness (QED) is 0.880. The minimum atomic E-state index is -3.50. The van der Waals surface area contributed by atoms with Gasteiger partial charge in [0.25, 0.3) is 5.91 Å². The smallest absolute Gasteiger partial charge is 0.257 e. The van der Waals surface area contributed by atoms with Crippen LogP contribution in [0.1, 0.15) is 23.0 Å². The summed E-state index contributed by atoms with van der Waals surface area (Å²) in [6.07, 6.45) is 0. The molecular formula is C13H15N3O3S2. The van der Waals surface area contributed by atoms with E-state index < -0.39 is 10.0 Å². The van der Waals surface area contributed by atoms with Gasteiger partial charge in [0.05, 0.1) is 10.6 Å². The molecule has 0 fully saturated rings. The standard InChI is InChI=1S/C13H15N3O3S2/c1-3-14-21(18,19)11-6-4-10(5-7-11)12(17)16-13-15-9(2)8-20-13/h4-8,14H,3H2,1-2H3,(H,15,16,17). The second-order valence-corrected chi connectivity index (χ2v) is 6.90. The molecule has 0 unspecified atom stereocenters. The van der Waals surface area contributed by atoms with Crippen LogP contribution >= 0.6 is 11.3 Å². The van der Waals surface area contributed by atoms with Crippen molar-refractivity contribution in [1.29, 1.82) is 0 Å². The molecule has 0 saturated heterocycles. The molecule has 1 aromatic heterocycles. The zero-order valence-electron chi connectivity index (χ0n) is 11.6. The normalized spacial score (nSPS) is 11.3. The number of carbonyl (C=O) groups is 1. The lowest BCUT2D eigenvalue weighted by Gasteiger charge is -2.06. The van der Waals surface area contributed by atoms with E-state index in [1.165, 1.54) is 35.6 Å². The number of carbonyl (C=O) groups excluding carboxylic acids is 1. The molecule has 21 heavy (non-hydrogen) atoms. The maximum atomic E-state index is 12.0. The molecule has 1 aromatic carbocycles. The molecule has 2 rings (SSSR count). The first-order chi connectivity index (χ1) is 9.92. The van der Waals surface area contributed by atoms with Crippen molar-refractivity contribution in [1.82, 2.24) is 9.71 Å². The van der Waals surface area contributed by atoms with E-state index in [1.807, 2.05) is 12.3 Å². The number of rotatable bonds is 5. The van der Waals surface area contributed by atoms with Crippen LogP contribution < -0.4 is 10.0 Å². The minimum Gasteiger partial charge on any atom is -0.298 e. The van der Waals surface area contributed by atoms with Gasteiger partial charge in [-0.3, -0.25) is 10.1 Å². The zero-order chi connectivity index (χ0) is 15.5. The van der Waals surface area contributed by atoms with Crippen molar-refractivity contribution in [2.24, 2.45) is 0 Å². The van der Waals surface area contributed by atoms with Gasteiger partial charge in [0.15, 0.2) is 5.13 Å². The molecule has 0 bridgehead atoms. The number of nitrogens with one attached hydrogen (secondary N) is 2. The molecular weight excluding hydrogens is 310 g/mol. The molecule has 0 atom stereocenters. The number of thiazole rings is 1. The van der Waals surface area contributed by atoms with E-state index in [0.29, 0.717) is 17.2 Å². The maximum Gasteiger partial charge on any atom is 0.257 e. The number of anilines is 1. The fourth-order valence-electron chi connectivity index (χ4n) is 1.64. The molecule has 6 nitrogen and oxygen atoms in total. The molecule has 0 saturated carbocycles. The fourth-order valence-corrected chi connectivity index (χ4v) is 3.36. The highest BCUT2D eigenvalue weighted by Gasteiger charge is 2.14. The van der Waals surface area contributed by atoms with E-state index in [-0.39, 0.29) is 10.8 Å². The predicted octanol–water partition coefficient (Wildman–Crippen LogP) is 2.00. The number of amides is 1. The van der Waals surface area contributed by atoms with Crippen LogP contribution in [0.15, 0.2) is 34.5 Å². The van der Waals surface area contributed by atoms with Crippen LogP contribution in [-0.4, -0.2) is 25.9 Å². The van der Waals surface area contributed by atoms with Crippen molar-refractivity contribution in [3.05, 3.63) is 40.9 Å². The molecule has 8 heteroatoms. The summed E-state index contributed by atoms with van der Waals surface area (Å²) in [4.78, 5) is 16.3. The molecule has 1 heterocycles. The van der Waals surface area contributed by atoms with Crippen LogP contribution in [-0.2, 0) is 10.0 Å². The van der Waals surface area contributed by atoms with E-state index in [4.69, 9.17) is 0 Å². The van der Waals surface area contributed by atoms with Crippen LogP contribution in [0.3, 0.4) is 0 Å². The van der Waals surface area contributed by atoms with Crippen LogP contribution in [0.2, 0.25) is 0 Å². The third-order valence-corrected chi connectivity index (χ3v) is 5.04. The van der Waals surface area contributed by atoms with Crippen molar-refractivity contribution in [3.8, 4) is 0 Å². The van der Waals surface area contributed by atoms with Crippen molar-refractivity contribution in [2.45, 2.75) is 18.7 Å². The minimum absolute atomic E-state index is 0.131. The van der Waals surface area contributed by atoms with Crippen molar-refractivity contribution >= 4 is 32.4 Å². The van der Waals surface area contributed by atoms with Gasteiger partial charge in [0, 0.05) is 17.5 Å². The van der Waals surface area contributed by atoms with E-state index >= 15 is 0 Å². The molecule has 0 spiro atoms. The zero-order valence-corrected chi connectivity index (χ0v) is 13.2. The number of aromatic nitrogens is 1. The summed E-state index contributed by atoms with van der Waals surface area (Å²) in [5.74, 6) is -0.322. The van der Waals surface area contributed by atoms with Crippen LogP contribution in [0.4, 0.5) is 5.13 Å². The van der Waals surface area contributed by atoms with Gasteiger partial charge in [0.1, 0.15) is 0 Å². The summed E-state index contributed by atoms with van der Waals surface area (Å²) in [5, 5.41) is 5.02. The highest BCUT2D eigenvalue weighted by atomic mass is 32.2. The Morgan fingerprint density at radius 1 is 1.29 bits per heavy atom. The Morgan fingerprint density at radius 2 is 1.95 bits per heavy atom. The van der Waals surface area contributed by atoms with Crippen LogP contribution in [0.25, 0.3) is 0 Å². The SMILES string of the molecule is CCNS(=O)(=O)c1ccc(C(=O)Nc2nc(C)cs2)cc1. The third-order valence-electron chi connectivity index (χ3n) is 2.60. The highest BCUT2D eigenvalue weighted by Crippen LogP contribution is 2.16. The Kier molecular flexibility index (Phi) is 4.71. The number of hydrogen-bond acceptors (Lipinski definition) is 5. The highest BCUT2D eigenvalue weighted by molar-refractivity contribution is 7.89. The molecule has 0 aliphatic heterocycles. The van der Waals surface area contributed by atoms with Gasteiger partial charge < -0.3 is 0 Å². The second kappa shape index (κ2) is 6.33. The number of benzene rings is 1. The Labute approximate surface area is 127 Å².